The normalized spacial score (nSPS) is 11.8. The number of nitriles is 1. The second kappa shape index (κ2) is 5.99. The van der Waals surface area contributed by atoms with Gasteiger partial charge >= 0.3 is 0 Å². The molecule has 1 rings (SSSR count). The van der Waals surface area contributed by atoms with E-state index in [-0.39, 0.29) is 11.9 Å². The fourth-order valence-corrected chi connectivity index (χ4v) is 1.12. The Balaban J connectivity index is 2.35. The highest BCUT2D eigenvalue weighted by molar-refractivity contribution is 5.22. The largest absolute Gasteiger partial charge is 0.493 e. The molecule has 0 heterocycles. The van der Waals surface area contributed by atoms with Crippen LogP contribution < -0.4 is 10.1 Å². The number of ether oxygens (including phenoxy) is 1. The molecule has 4 heteroatoms. The van der Waals surface area contributed by atoms with Crippen LogP contribution in [0.1, 0.15) is 6.42 Å². The number of hydrogen-bond donors (Lipinski definition) is 1. The summed E-state index contributed by atoms with van der Waals surface area (Å²) in [5.74, 6) is 0.167. The Hall–Kier alpha value is -1.60. The second-order valence-corrected chi connectivity index (χ2v) is 3.06. The van der Waals surface area contributed by atoms with Crippen LogP contribution in [-0.4, -0.2) is 19.7 Å². The molecule has 0 spiro atoms. The second-order valence-electron chi connectivity index (χ2n) is 3.06. The standard InChI is InChI=1S/C11H13FN2O/c1-14-10(8-13)5-6-15-11-4-2-3-9(12)7-11/h2-4,7,10,14H,5-6H2,1H3. The minimum Gasteiger partial charge on any atom is -0.493 e. The van der Waals surface area contributed by atoms with E-state index >= 15 is 0 Å². The summed E-state index contributed by atoms with van der Waals surface area (Å²) < 4.78 is 18.0. The van der Waals surface area contributed by atoms with Gasteiger partial charge < -0.3 is 10.1 Å². The molecule has 1 N–H and O–H groups in total. The molecule has 1 unspecified atom stereocenters. The molecular formula is C11H13FN2O. The summed E-state index contributed by atoms with van der Waals surface area (Å²) in [6.07, 6.45) is 0.573. The lowest BCUT2D eigenvalue weighted by atomic mass is 10.2. The SMILES string of the molecule is CNC(C#N)CCOc1cccc(F)c1. The lowest BCUT2D eigenvalue weighted by molar-refractivity contribution is 0.299. The van der Waals surface area contributed by atoms with E-state index < -0.39 is 0 Å². The van der Waals surface area contributed by atoms with Gasteiger partial charge in [0.05, 0.1) is 18.7 Å². The number of hydrogen-bond acceptors (Lipinski definition) is 3. The fraction of sp³-hybridized carbons (Fsp3) is 0.364. The van der Waals surface area contributed by atoms with Crippen LogP contribution in [0, 0.1) is 17.1 Å². The van der Waals surface area contributed by atoms with Gasteiger partial charge in [-0.3, -0.25) is 0 Å². The van der Waals surface area contributed by atoms with E-state index in [2.05, 4.69) is 11.4 Å². The van der Waals surface area contributed by atoms with Crippen LogP contribution in [0.25, 0.3) is 0 Å². The summed E-state index contributed by atoms with van der Waals surface area (Å²) >= 11 is 0. The molecule has 0 amide bonds. The van der Waals surface area contributed by atoms with E-state index in [1.54, 1.807) is 19.2 Å². The van der Waals surface area contributed by atoms with Crippen LogP contribution in [0.15, 0.2) is 24.3 Å². The Bertz CT molecular complexity index is 349. The summed E-state index contributed by atoms with van der Waals surface area (Å²) in [5.41, 5.74) is 0. The third-order valence-corrected chi connectivity index (χ3v) is 1.98. The molecule has 0 aliphatic rings. The monoisotopic (exact) mass is 208 g/mol. The first kappa shape index (κ1) is 11.5. The Morgan fingerprint density at radius 3 is 3.00 bits per heavy atom. The van der Waals surface area contributed by atoms with Crippen molar-refractivity contribution >= 4 is 0 Å². The minimum atomic E-state index is -0.321. The van der Waals surface area contributed by atoms with E-state index in [0.29, 0.717) is 18.8 Å². The van der Waals surface area contributed by atoms with Gasteiger partial charge in [-0.05, 0) is 19.2 Å². The van der Waals surface area contributed by atoms with E-state index in [1.165, 1.54) is 12.1 Å². The van der Waals surface area contributed by atoms with Gasteiger partial charge in [0.2, 0.25) is 0 Å². The number of benzene rings is 1. The van der Waals surface area contributed by atoms with Crippen molar-refractivity contribution in [2.24, 2.45) is 0 Å². The molecule has 15 heavy (non-hydrogen) atoms. The number of nitrogens with zero attached hydrogens (tertiary/aromatic N) is 1. The smallest absolute Gasteiger partial charge is 0.126 e. The first-order valence-electron chi connectivity index (χ1n) is 4.71. The minimum absolute atomic E-state index is 0.224. The molecule has 1 aromatic rings. The highest BCUT2D eigenvalue weighted by Gasteiger charge is 2.03. The van der Waals surface area contributed by atoms with Crippen LogP contribution in [-0.2, 0) is 0 Å². The van der Waals surface area contributed by atoms with Crippen molar-refractivity contribution in [3.8, 4) is 11.8 Å². The molecule has 0 aromatic heterocycles. The predicted octanol–water partition coefficient (Wildman–Crippen LogP) is 1.71. The zero-order valence-electron chi connectivity index (χ0n) is 8.53. The Morgan fingerprint density at radius 1 is 1.60 bits per heavy atom. The topological polar surface area (TPSA) is 45.0 Å². The highest BCUT2D eigenvalue weighted by atomic mass is 19.1. The third kappa shape index (κ3) is 3.96. The van der Waals surface area contributed by atoms with E-state index in [4.69, 9.17) is 10.00 Å². The van der Waals surface area contributed by atoms with Gasteiger partial charge in [0, 0.05) is 12.5 Å². The van der Waals surface area contributed by atoms with Crippen LogP contribution in [0.2, 0.25) is 0 Å². The van der Waals surface area contributed by atoms with Crippen molar-refractivity contribution in [2.75, 3.05) is 13.7 Å². The van der Waals surface area contributed by atoms with Gasteiger partial charge in [-0.15, -0.1) is 0 Å². The van der Waals surface area contributed by atoms with Gasteiger partial charge in [0.1, 0.15) is 11.6 Å². The molecule has 0 saturated carbocycles. The molecule has 1 atom stereocenters. The van der Waals surface area contributed by atoms with E-state index in [1.807, 2.05) is 0 Å². The maximum atomic E-state index is 12.7. The highest BCUT2D eigenvalue weighted by Crippen LogP contribution is 2.12. The Morgan fingerprint density at radius 2 is 2.40 bits per heavy atom. The molecule has 0 aliphatic carbocycles. The molecule has 0 bridgehead atoms. The average molecular weight is 208 g/mol. The number of halogens is 1. The van der Waals surface area contributed by atoms with Crippen LogP contribution in [0.5, 0.6) is 5.75 Å². The summed E-state index contributed by atoms with van der Waals surface area (Å²) in [6.45, 7) is 0.391. The lowest BCUT2D eigenvalue weighted by Gasteiger charge is -2.09. The van der Waals surface area contributed by atoms with Gasteiger partial charge in [-0.25, -0.2) is 4.39 Å². The maximum Gasteiger partial charge on any atom is 0.126 e. The van der Waals surface area contributed by atoms with Gasteiger partial charge in [0.25, 0.3) is 0 Å². The Kier molecular flexibility index (Phi) is 4.58. The van der Waals surface area contributed by atoms with Crippen molar-refractivity contribution in [1.82, 2.24) is 5.32 Å². The first-order chi connectivity index (χ1) is 7.26. The number of rotatable bonds is 5. The molecule has 0 aliphatic heterocycles. The molecule has 80 valence electrons. The van der Waals surface area contributed by atoms with Gasteiger partial charge in [-0.1, -0.05) is 6.07 Å². The zero-order chi connectivity index (χ0) is 11.1. The molecular weight excluding hydrogens is 195 g/mol. The van der Waals surface area contributed by atoms with Gasteiger partial charge in [-0.2, -0.15) is 5.26 Å². The lowest BCUT2D eigenvalue weighted by Crippen LogP contribution is -2.25. The molecule has 3 nitrogen and oxygen atoms in total. The van der Waals surface area contributed by atoms with Crippen LogP contribution >= 0.6 is 0 Å². The van der Waals surface area contributed by atoms with Crippen LogP contribution in [0.3, 0.4) is 0 Å². The quantitative estimate of drug-likeness (QED) is 0.801. The van der Waals surface area contributed by atoms with Crippen molar-refractivity contribution < 1.29 is 9.13 Å². The fourth-order valence-electron chi connectivity index (χ4n) is 1.12. The van der Waals surface area contributed by atoms with Crippen LogP contribution in [0.4, 0.5) is 4.39 Å². The van der Waals surface area contributed by atoms with Crippen molar-refractivity contribution in [3.63, 3.8) is 0 Å². The third-order valence-electron chi connectivity index (χ3n) is 1.98. The Labute approximate surface area is 88.5 Å². The van der Waals surface area contributed by atoms with E-state index in [9.17, 15) is 4.39 Å². The van der Waals surface area contributed by atoms with Crippen molar-refractivity contribution in [2.45, 2.75) is 12.5 Å². The molecule has 1 aromatic carbocycles. The summed E-state index contributed by atoms with van der Waals surface area (Å²) in [5, 5.41) is 11.5. The molecule has 0 saturated heterocycles. The summed E-state index contributed by atoms with van der Waals surface area (Å²) in [7, 11) is 1.72. The van der Waals surface area contributed by atoms with Crippen molar-refractivity contribution in [1.29, 1.82) is 5.26 Å². The zero-order valence-corrected chi connectivity index (χ0v) is 8.53. The van der Waals surface area contributed by atoms with Gasteiger partial charge in [0.15, 0.2) is 0 Å². The molecule has 0 fully saturated rings. The van der Waals surface area contributed by atoms with Crippen molar-refractivity contribution in [3.05, 3.63) is 30.1 Å². The molecule has 0 radical (unpaired) electrons. The summed E-state index contributed by atoms with van der Waals surface area (Å²) in [6, 6.07) is 7.81. The first-order valence-corrected chi connectivity index (χ1v) is 4.71. The predicted molar refractivity (Wildman–Crippen MR) is 55.0 cm³/mol. The number of nitrogens with one attached hydrogen (secondary N) is 1. The average Bonchev–Trinajstić information content (AvgIpc) is 2.25. The maximum absolute atomic E-state index is 12.7. The van der Waals surface area contributed by atoms with E-state index in [0.717, 1.165) is 0 Å². The summed E-state index contributed by atoms with van der Waals surface area (Å²) in [4.78, 5) is 0.